The van der Waals surface area contributed by atoms with E-state index in [1.54, 1.807) is 0 Å². The van der Waals surface area contributed by atoms with Gasteiger partial charge >= 0.3 is 0 Å². The van der Waals surface area contributed by atoms with Crippen LogP contribution in [0, 0.1) is 13.8 Å². The molecule has 0 saturated heterocycles. The van der Waals surface area contributed by atoms with E-state index < -0.39 is 0 Å². The fourth-order valence-electron chi connectivity index (χ4n) is 5.67. The molecule has 6 rings (SSSR count). The summed E-state index contributed by atoms with van der Waals surface area (Å²) in [6, 6.07) is 33.5. The molecular formula is C40H50N6O2. The van der Waals surface area contributed by atoms with Crippen molar-refractivity contribution in [3.63, 3.8) is 0 Å². The Balaban J connectivity index is 0.000000188. The summed E-state index contributed by atoms with van der Waals surface area (Å²) >= 11 is 0. The Kier molecular flexibility index (Phi) is 12.2. The van der Waals surface area contributed by atoms with Gasteiger partial charge in [-0.15, -0.1) is 10.2 Å². The minimum atomic E-state index is 0.684. The van der Waals surface area contributed by atoms with Gasteiger partial charge in [0, 0.05) is 13.1 Å². The average Bonchev–Trinajstić information content (AvgIpc) is 3.60. The third-order valence-corrected chi connectivity index (χ3v) is 8.15. The fourth-order valence-corrected chi connectivity index (χ4v) is 5.67. The normalized spacial score (nSPS) is 11.3. The van der Waals surface area contributed by atoms with Gasteiger partial charge in [0.25, 0.3) is 0 Å². The minimum Gasteiger partial charge on any atom is -0.476 e. The van der Waals surface area contributed by atoms with E-state index in [1.165, 1.54) is 22.3 Å². The lowest BCUT2D eigenvalue weighted by Crippen LogP contribution is -2.15. The molecule has 8 heteroatoms. The van der Waals surface area contributed by atoms with Crippen LogP contribution < -0.4 is 9.47 Å². The van der Waals surface area contributed by atoms with Crippen molar-refractivity contribution in [3.8, 4) is 11.8 Å². The van der Waals surface area contributed by atoms with Crippen LogP contribution in [-0.4, -0.2) is 83.9 Å². The minimum absolute atomic E-state index is 0.684. The Labute approximate surface area is 285 Å². The van der Waals surface area contributed by atoms with Gasteiger partial charge in [-0.05, 0) is 95.3 Å². The maximum atomic E-state index is 6.01. The molecule has 2 aromatic heterocycles. The van der Waals surface area contributed by atoms with Gasteiger partial charge in [0.2, 0.25) is 11.8 Å². The van der Waals surface area contributed by atoms with Gasteiger partial charge in [-0.2, -0.15) is 0 Å². The van der Waals surface area contributed by atoms with Crippen LogP contribution in [0.5, 0.6) is 11.8 Å². The average molecular weight is 647 g/mol. The first-order chi connectivity index (χ1) is 23.3. The van der Waals surface area contributed by atoms with E-state index in [2.05, 4.69) is 137 Å². The zero-order valence-corrected chi connectivity index (χ0v) is 29.4. The molecule has 252 valence electrons. The van der Waals surface area contributed by atoms with E-state index in [1.807, 2.05) is 21.5 Å². The Morgan fingerprint density at radius 2 is 1.12 bits per heavy atom. The maximum Gasteiger partial charge on any atom is 0.241 e. The smallest absolute Gasteiger partial charge is 0.241 e. The molecular weight excluding hydrogens is 596 g/mol. The van der Waals surface area contributed by atoms with Crippen molar-refractivity contribution in [2.24, 2.45) is 0 Å². The second-order valence-electron chi connectivity index (χ2n) is 12.9. The van der Waals surface area contributed by atoms with Crippen LogP contribution in [0.2, 0.25) is 0 Å². The van der Waals surface area contributed by atoms with Crippen molar-refractivity contribution in [1.82, 2.24) is 29.4 Å². The fraction of sp³-hybridized carbons (Fsp3) is 0.350. The molecule has 0 fully saturated rings. The first-order valence-electron chi connectivity index (χ1n) is 16.8. The summed E-state index contributed by atoms with van der Waals surface area (Å²) in [5.74, 6) is 1.48. The highest BCUT2D eigenvalue weighted by atomic mass is 16.5. The van der Waals surface area contributed by atoms with Crippen LogP contribution in [0.3, 0.4) is 0 Å². The van der Waals surface area contributed by atoms with Crippen molar-refractivity contribution in [1.29, 1.82) is 0 Å². The summed E-state index contributed by atoms with van der Waals surface area (Å²) in [5, 5.41) is 11.7. The predicted molar refractivity (Wildman–Crippen MR) is 197 cm³/mol. The lowest BCUT2D eigenvalue weighted by atomic mass is 10.1. The molecule has 8 nitrogen and oxygen atoms in total. The molecule has 0 atom stereocenters. The van der Waals surface area contributed by atoms with Gasteiger partial charge < -0.3 is 19.3 Å². The lowest BCUT2D eigenvalue weighted by Gasteiger charge is -2.09. The van der Waals surface area contributed by atoms with Gasteiger partial charge in [-0.25, -0.2) is 0 Å². The van der Waals surface area contributed by atoms with Gasteiger partial charge in [0.15, 0.2) is 0 Å². The Morgan fingerprint density at radius 1 is 0.583 bits per heavy atom. The van der Waals surface area contributed by atoms with Crippen LogP contribution in [0.25, 0.3) is 21.8 Å². The molecule has 0 aliphatic carbocycles. The quantitative estimate of drug-likeness (QED) is 0.115. The SMILES string of the molecule is Cc1ccc2c(OCCCN(C)C)nn(Cc3ccccc3)c2c1.Cc1cccc2c1c(OCCCN(C)C)nn2Cc1ccccc1. The molecule has 0 saturated carbocycles. The summed E-state index contributed by atoms with van der Waals surface area (Å²) in [4.78, 5) is 4.33. The van der Waals surface area contributed by atoms with E-state index in [-0.39, 0.29) is 0 Å². The van der Waals surface area contributed by atoms with E-state index in [9.17, 15) is 0 Å². The van der Waals surface area contributed by atoms with Crippen LogP contribution in [0.1, 0.15) is 35.1 Å². The third kappa shape index (κ3) is 9.46. The molecule has 0 radical (unpaired) electrons. The van der Waals surface area contributed by atoms with Crippen LogP contribution in [-0.2, 0) is 13.1 Å². The predicted octanol–water partition coefficient (Wildman–Crippen LogP) is 7.45. The summed E-state index contributed by atoms with van der Waals surface area (Å²) in [5.41, 5.74) is 7.17. The number of aryl methyl sites for hydroxylation is 2. The molecule has 0 N–H and O–H groups in total. The van der Waals surface area contributed by atoms with E-state index >= 15 is 0 Å². The second-order valence-corrected chi connectivity index (χ2v) is 12.9. The Bertz CT molecular complexity index is 1820. The topological polar surface area (TPSA) is 60.6 Å². The van der Waals surface area contributed by atoms with Crippen molar-refractivity contribution < 1.29 is 9.47 Å². The zero-order chi connectivity index (χ0) is 33.9. The number of benzene rings is 4. The highest BCUT2D eigenvalue weighted by Gasteiger charge is 2.15. The highest BCUT2D eigenvalue weighted by molar-refractivity contribution is 5.88. The number of nitrogens with zero attached hydrogens (tertiary/aromatic N) is 6. The largest absolute Gasteiger partial charge is 0.476 e. The molecule has 0 amide bonds. The van der Waals surface area contributed by atoms with Gasteiger partial charge in [-0.3, -0.25) is 9.36 Å². The third-order valence-electron chi connectivity index (χ3n) is 8.15. The molecule has 0 aliphatic heterocycles. The van der Waals surface area contributed by atoms with Gasteiger partial charge in [-0.1, -0.05) is 78.9 Å². The van der Waals surface area contributed by atoms with Crippen molar-refractivity contribution in [3.05, 3.63) is 119 Å². The molecule has 4 aromatic carbocycles. The van der Waals surface area contributed by atoms with Crippen LogP contribution >= 0.6 is 0 Å². The first kappa shape index (κ1) is 34.7. The molecule has 48 heavy (non-hydrogen) atoms. The molecule has 2 heterocycles. The van der Waals surface area contributed by atoms with E-state index in [0.29, 0.717) is 13.2 Å². The number of ether oxygens (including phenoxy) is 2. The summed E-state index contributed by atoms with van der Waals surface area (Å²) < 4.78 is 16.1. The molecule has 0 unspecified atom stereocenters. The summed E-state index contributed by atoms with van der Waals surface area (Å²) in [6.45, 7) is 9.13. The molecule has 6 aromatic rings. The van der Waals surface area contributed by atoms with Crippen LogP contribution in [0.15, 0.2) is 97.1 Å². The maximum absolute atomic E-state index is 6.01. The van der Waals surface area contributed by atoms with E-state index in [4.69, 9.17) is 19.7 Å². The van der Waals surface area contributed by atoms with Crippen molar-refractivity contribution >= 4 is 21.8 Å². The monoisotopic (exact) mass is 646 g/mol. The Morgan fingerprint density at radius 3 is 1.71 bits per heavy atom. The Hall–Kier alpha value is -4.66. The number of fused-ring (bicyclic) bond motifs is 2. The highest BCUT2D eigenvalue weighted by Crippen LogP contribution is 2.29. The molecule has 0 spiro atoms. The van der Waals surface area contributed by atoms with Crippen molar-refractivity contribution in [2.75, 3.05) is 54.5 Å². The van der Waals surface area contributed by atoms with Gasteiger partial charge in [0.05, 0.1) is 48.1 Å². The molecule has 0 bridgehead atoms. The lowest BCUT2D eigenvalue weighted by molar-refractivity contribution is 0.273. The standard InChI is InChI=1S/2C20H25N3O/c1-16-9-7-12-18-19(16)20(24-14-8-13-22(2)3)21-23(18)15-17-10-5-4-6-11-17;1-16-10-11-18-19(14-16)23(15-17-8-5-4-6-9-17)21-20(18)24-13-7-12-22(2)3/h4-7,9-12H,8,13-15H2,1-3H3;4-6,8-11,14H,7,12-13,15H2,1-3H3. The number of rotatable bonds is 14. The van der Waals surface area contributed by atoms with E-state index in [0.717, 1.165) is 72.6 Å². The number of hydrogen-bond donors (Lipinski definition) is 0. The van der Waals surface area contributed by atoms with Gasteiger partial charge in [0.1, 0.15) is 0 Å². The first-order valence-corrected chi connectivity index (χ1v) is 16.8. The van der Waals surface area contributed by atoms with Crippen LogP contribution in [0.4, 0.5) is 0 Å². The second kappa shape index (κ2) is 16.9. The summed E-state index contributed by atoms with van der Waals surface area (Å²) in [6.07, 6.45) is 1.98. The zero-order valence-electron chi connectivity index (χ0n) is 29.4. The number of hydrogen-bond acceptors (Lipinski definition) is 6. The summed E-state index contributed by atoms with van der Waals surface area (Å²) in [7, 11) is 8.31. The van der Waals surface area contributed by atoms with Crippen molar-refractivity contribution in [2.45, 2.75) is 39.8 Å². The molecule has 0 aliphatic rings. The number of aromatic nitrogens is 4.